The molecule has 176 valence electrons. The van der Waals surface area contributed by atoms with Gasteiger partial charge in [0.15, 0.2) is 5.82 Å². The minimum atomic E-state index is -4.35. The van der Waals surface area contributed by atoms with E-state index in [4.69, 9.17) is 11.6 Å². The molecule has 0 amide bonds. The number of aromatic nitrogens is 3. The number of H-pyrrole nitrogens is 1. The number of hydrogen-bond acceptors (Lipinski definition) is 5. The van der Waals surface area contributed by atoms with Crippen LogP contribution in [0.15, 0.2) is 41.2 Å². The van der Waals surface area contributed by atoms with Crippen molar-refractivity contribution < 1.29 is 13.2 Å². The van der Waals surface area contributed by atoms with Crippen LogP contribution in [0.1, 0.15) is 44.4 Å². The molecule has 1 fully saturated rings. The fourth-order valence-corrected chi connectivity index (χ4v) is 4.69. The lowest BCUT2D eigenvalue weighted by molar-refractivity contribution is -0.137. The van der Waals surface area contributed by atoms with E-state index in [1.807, 2.05) is 13.8 Å². The zero-order valence-corrected chi connectivity index (χ0v) is 19.3. The molecule has 4 rings (SSSR count). The Morgan fingerprint density at radius 2 is 1.85 bits per heavy atom. The summed E-state index contributed by atoms with van der Waals surface area (Å²) in [5.74, 6) is 0.490. The van der Waals surface area contributed by atoms with Gasteiger partial charge in [0.2, 0.25) is 0 Å². The molecule has 0 saturated carbocycles. The molecule has 2 unspecified atom stereocenters. The number of hydrogen-bond donors (Lipinski definition) is 1. The fraction of sp³-hybridized carbons (Fsp3) is 0.435. The Kier molecular flexibility index (Phi) is 6.37. The largest absolute Gasteiger partial charge is 0.416 e. The minimum absolute atomic E-state index is 0.0111. The lowest BCUT2D eigenvalue weighted by Gasteiger charge is -2.48. The molecule has 33 heavy (non-hydrogen) atoms. The highest BCUT2D eigenvalue weighted by molar-refractivity contribution is 6.29. The number of pyridine rings is 1. The van der Waals surface area contributed by atoms with Crippen molar-refractivity contribution in [2.24, 2.45) is 0 Å². The lowest BCUT2D eigenvalue weighted by atomic mass is 9.98. The van der Waals surface area contributed by atoms with Crippen molar-refractivity contribution in [2.75, 3.05) is 18.0 Å². The summed E-state index contributed by atoms with van der Waals surface area (Å²) in [5.41, 5.74) is 0.822. The van der Waals surface area contributed by atoms with E-state index in [0.717, 1.165) is 24.1 Å². The fourth-order valence-electron chi connectivity index (χ4n) is 4.54. The maximum atomic E-state index is 13.0. The Labute approximate surface area is 194 Å². The number of nitrogens with zero attached hydrogens (tertiary/aromatic N) is 4. The highest BCUT2D eigenvalue weighted by Gasteiger charge is 2.36. The molecule has 1 saturated heterocycles. The van der Waals surface area contributed by atoms with E-state index >= 15 is 0 Å². The summed E-state index contributed by atoms with van der Waals surface area (Å²) < 4.78 is 38.9. The van der Waals surface area contributed by atoms with E-state index in [1.165, 1.54) is 0 Å². The van der Waals surface area contributed by atoms with Crippen LogP contribution in [0.5, 0.6) is 0 Å². The maximum absolute atomic E-state index is 13.0. The highest BCUT2D eigenvalue weighted by atomic mass is 35.5. The van der Waals surface area contributed by atoms with E-state index in [9.17, 15) is 18.0 Å². The van der Waals surface area contributed by atoms with Crippen LogP contribution in [-0.2, 0) is 6.18 Å². The summed E-state index contributed by atoms with van der Waals surface area (Å²) >= 11 is 6.11. The number of nitrogens with one attached hydrogen (secondary N) is 1. The van der Waals surface area contributed by atoms with Crippen LogP contribution in [-0.4, -0.2) is 45.0 Å². The summed E-state index contributed by atoms with van der Waals surface area (Å²) in [6.07, 6.45) is -3.53. The van der Waals surface area contributed by atoms with Gasteiger partial charge in [0.05, 0.1) is 11.1 Å². The number of benzene rings is 1. The number of aromatic amines is 1. The zero-order valence-electron chi connectivity index (χ0n) is 18.5. The van der Waals surface area contributed by atoms with Gasteiger partial charge in [-0.3, -0.25) is 4.90 Å². The Bertz CT molecular complexity index is 1200. The first-order valence-corrected chi connectivity index (χ1v) is 11.2. The summed E-state index contributed by atoms with van der Waals surface area (Å²) in [6.45, 7) is 7.37. The monoisotopic (exact) mass is 479 g/mol. The number of piperazine rings is 1. The van der Waals surface area contributed by atoms with Crippen molar-refractivity contribution in [3.63, 3.8) is 0 Å². The normalized spacial score (nSPS) is 20.9. The number of rotatable bonds is 4. The van der Waals surface area contributed by atoms with E-state index in [1.54, 1.807) is 24.3 Å². The molecule has 6 nitrogen and oxygen atoms in total. The third-order valence-electron chi connectivity index (χ3n) is 6.37. The molecule has 1 aromatic carbocycles. The number of halogens is 4. The van der Waals surface area contributed by atoms with E-state index in [-0.39, 0.29) is 18.1 Å². The summed E-state index contributed by atoms with van der Waals surface area (Å²) in [7, 11) is 0. The molecule has 3 heterocycles. The van der Waals surface area contributed by atoms with Gasteiger partial charge < -0.3 is 9.88 Å². The molecule has 1 aliphatic rings. The van der Waals surface area contributed by atoms with Gasteiger partial charge in [-0.2, -0.15) is 18.2 Å². The van der Waals surface area contributed by atoms with Crippen molar-refractivity contribution >= 4 is 28.5 Å². The van der Waals surface area contributed by atoms with Gasteiger partial charge in [-0.15, -0.1) is 0 Å². The first kappa shape index (κ1) is 23.5. The first-order chi connectivity index (χ1) is 15.6. The molecule has 10 heteroatoms. The number of fused-ring (bicyclic) bond motifs is 1. The van der Waals surface area contributed by atoms with Gasteiger partial charge in [-0.25, -0.2) is 9.78 Å². The first-order valence-electron chi connectivity index (χ1n) is 10.8. The topological polar surface area (TPSA) is 65.1 Å². The molecule has 2 aromatic heterocycles. The lowest BCUT2D eigenvalue weighted by Crippen LogP contribution is -2.58. The van der Waals surface area contributed by atoms with Crippen LogP contribution in [0.2, 0.25) is 5.15 Å². The molecule has 0 spiro atoms. The molecule has 1 N–H and O–H groups in total. The van der Waals surface area contributed by atoms with Crippen molar-refractivity contribution in [3.05, 3.63) is 63.2 Å². The molecule has 0 bridgehead atoms. The quantitative estimate of drug-likeness (QED) is 0.531. The third kappa shape index (κ3) is 4.70. The van der Waals surface area contributed by atoms with Gasteiger partial charge in [0.1, 0.15) is 10.7 Å². The van der Waals surface area contributed by atoms with Gasteiger partial charge in [-0.1, -0.05) is 30.7 Å². The summed E-state index contributed by atoms with van der Waals surface area (Å²) in [5, 5.41) is 0.312. The molecule has 3 atom stereocenters. The van der Waals surface area contributed by atoms with Crippen LogP contribution in [0.3, 0.4) is 0 Å². The predicted molar refractivity (Wildman–Crippen MR) is 123 cm³/mol. The SMILES string of the molecule is CC[C@@H]1CN(c2nc(=O)[nH]c3ccc(Cl)nc23)C(C)CN1C(C)c1ccc(C(F)(F)F)cc1. The maximum Gasteiger partial charge on any atom is 0.416 e. The Balaban J connectivity index is 1.63. The standard InChI is InChI=1S/C23H25ClF3N5O/c1-4-17-12-31(21-20-18(28-22(33)30-21)9-10-19(24)29-20)13(2)11-32(17)14(3)15-5-7-16(8-6-15)23(25,26)27/h5-10,13-14,17H,4,11-12H2,1-3H3,(H,28,30,33)/t13?,14?,17-/m1/s1. The van der Waals surface area contributed by atoms with Gasteiger partial charge in [-0.05, 0) is 50.1 Å². The predicted octanol–water partition coefficient (Wildman–Crippen LogP) is 5.04. The molecular formula is C23H25ClF3N5O. The molecule has 3 aromatic rings. The van der Waals surface area contributed by atoms with E-state index in [0.29, 0.717) is 35.1 Å². The van der Waals surface area contributed by atoms with Gasteiger partial charge >= 0.3 is 11.9 Å². The van der Waals surface area contributed by atoms with Crippen molar-refractivity contribution in [3.8, 4) is 0 Å². The van der Waals surface area contributed by atoms with E-state index < -0.39 is 17.4 Å². The second-order valence-electron chi connectivity index (χ2n) is 8.45. The number of anilines is 1. The Hall–Kier alpha value is -2.65. The summed E-state index contributed by atoms with van der Waals surface area (Å²) in [6, 6.07) is 8.72. The van der Waals surface area contributed by atoms with Crippen molar-refractivity contribution in [2.45, 2.75) is 51.5 Å². The van der Waals surface area contributed by atoms with Gasteiger partial charge in [0, 0.05) is 31.2 Å². The third-order valence-corrected chi connectivity index (χ3v) is 6.58. The van der Waals surface area contributed by atoms with Crippen LogP contribution < -0.4 is 10.6 Å². The average molecular weight is 480 g/mol. The molecule has 0 aliphatic carbocycles. The van der Waals surface area contributed by atoms with E-state index in [2.05, 4.69) is 31.7 Å². The van der Waals surface area contributed by atoms with Crippen LogP contribution >= 0.6 is 11.6 Å². The zero-order chi connectivity index (χ0) is 23.9. The van der Waals surface area contributed by atoms with Crippen LogP contribution in [0.25, 0.3) is 11.0 Å². The van der Waals surface area contributed by atoms with Crippen molar-refractivity contribution in [1.29, 1.82) is 0 Å². The molecular weight excluding hydrogens is 455 g/mol. The second-order valence-corrected chi connectivity index (χ2v) is 8.84. The Morgan fingerprint density at radius 1 is 1.15 bits per heavy atom. The van der Waals surface area contributed by atoms with Crippen LogP contribution in [0.4, 0.5) is 19.0 Å². The molecule has 0 radical (unpaired) electrons. The smallest absolute Gasteiger partial charge is 0.349 e. The molecule has 1 aliphatic heterocycles. The summed E-state index contributed by atoms with van der Waals surface area (Å²) in [4.78, 5) is 27.9. The second kappa shape index (κ2) is 8.95. The van der Waals surface area contributed by atoms with Crippen LogP contribution in [0, 0.1) is 0 Å². The van der Waals surface area contributed by atoms with Crippen molar-refractivity contribution in [1.82, 2.24) is 19.9 Å². The highest BCUT2D eigenvalue weighted by Crippen LogP contribution is 2.34. The Morgan fingerprint density at radius 3 is 2.48 bits per heavy atom. The van der Waals surface area contributed by atoms with Gasteiger partial charge in [0.25, 0.3) is 0 Å². The number of alkyl halides is 3. The average Bonchev–Trinajstić information content (AvgIpc) is 2.78. The minimum Gasteiger partial charge on any atom is -0.349 e.